The van der Waals surface area contributed by atoms with Crippen molar-refractivity contribution in [2.75, 3.05) is 20.2 Å². The maximum Gasteiger partial charge on any atom is 0.308 e. The topological polar surface area (TPSA) is 82.0 Å². The van der Waals surface area contributed by atoms with Crippen LogP contribution in [0.1, 0.15) is 48.4 Å². The molecule has 38 heavy (non-hydrogen) atoms. The van der Waals surface area contributed by atoms with Gasteiger partial charge in [-0.05, 0) is 61.6 Å². The molecule has 0 spiro atoms. The molecule has 6 nitrogen and oxygen atoms in total. The molecule has 5 atom stereocenters. The summed E-state index contributed by atoms with van der Waals surface area (Å²) in [6.07, 6.45) is 0.849. The van der Waals surface area contributed by atoms with Crippen LogP contribution >= 0.6 is 0 Å². The van der Waals surface area contributed by atoms with E-state index in [1.807, 2.05) is 30.3 Å². The lowest BCUT2D eigenvalue weighted by Crippen LogP contribution is -2.68. The molecule has 3 heterocycles. The van der Waals surface area contributed by atoms with Crippen LogP contribution in [0.3, 0.4) is 0 Å². The van der Waals surface area contributed by atoms with Gasteiger partial charge in [-0.15, -0.1) is 0 Å². The van der Waals surface area contributed by atoms with Gasteiger partial charge in [-0.25, -0.2) is 0 Å². The SMILES string of the molecule is COc1ccc(C(C)(C)O)cc1CN[C@H]1[C@H]2CCN(C[C@@H]2C(=O)O)[C@@H]1C(c1ccccc1)c1ccccc1. The third-order valence-corrected chi connectivity index (χ3v) is 8.44. The van der Waals surface area contributed by atoms with Crippen molar-refractivity contribution in [3.05, 3.63) is 101 Å². The van der Waals surface area contributed by atoms with Gasteiger partial charge in [0, 0.05) is 36.7 Å². The molecule has 3 fully saturated rings. The summed E-state index contributed by atoms with van der Waals surface area (Å²) in [4.78, 5) is 14.7. The molecule has 0 aromatic heterocycles. The molecule has 1 unspecified atom stereocenters. The Morgan fingerprint density at radius 3 is 2.24 bits per heavy atom. The molecule has 2 bridgehead atoms. The van der Waals surface area contributed by atoms with E-state index in [9.17, 15) is 15.0 Å². The quantitative estimate of drug-likeness (QED) is 0.387. The van der Waals surface area contributed by atoms with Gasteiger partial charge in [0.25, 0.3) is 0 Å². The molecule has 6 heteroatoms. The molecule has 0 saturated carbocycles. The van der Waals surface area contributed by atoms with Crippen molar-refractivity contribution in [3.8, 4) is 5.75 Å². The van der Waals surface area contributed by atoms with E-state index in [1.165, 1.54) is 11.1 Å². The molecule has 3 aromatic carbocycles. The van der Waals surface area contributed by atoms with Crippen molar-refractivity contribution in [2.24, 2.45) is 11.8 Å². The first-order valence-corrected chi connectivity index (χ1v) is 13.5. The van der Waals surface area contributed by atoms with Crippen LogP contribution in [-0.4, -0.2) is 53.4 Å². The van der Waals surface area contributed by atoms with E-state index in [4.69, 9.17) is 4.74 Å². The first kappa shape index (κ1) is 26.4. The van der Waals surface area contributed by atoms with Crippen LogP contribution in [0.5, 0.6) is 5.75 Å². The summed E-state index contributed by atoms with van der Waals surface area (Å²) in [5.41, 5.74) is 3.26. The Bertz CT molecular complexity index is 1200. The van der Waals surface area contributed by atoms with E-state index >= 15 is 0 Å². The average molecular weight is 515 g/mol. The fraction of sp³-hybridized carbons (Fsp3) is 0.406. The number of fused-ring (bicyclic) bond motifs is 3. The van der Waals surface area contributed by atoms with Crippen molar-refractivity contribution in [1.29, 1.82) is 0 Å². The molecule has 0 radical (unpaired) electrons. The highest BCUT2D eigenvalue weighted by Gasteiger charge is 2.52. The largest absolute Gasteiger partial charge is 0.496 e. The van der Waals surface area contributed by atoms with Crippen LogP contribution in [0.4, 0.5) is 0 Å². The molecular formula is C32H38N2O4. The van der Waals surface area contributed by atoms with E-state index in [0.29, 0.717) is 13.1 Å². The maximum absolute atomic E-state index is 12.3. The zero-order chi connectivity index (χ0) is 26.9. The number of aliphatic carboxylic acids is 1. The number of aliphatic hydroxyl groups is 1. The fourth-order valence-electron chi connectivity index (χ4n) is 6.56. The monoisotopic (exact) mass is 514 g/mol. The normalized spacial score (nSPS) is 24.9. The lowest BCUT2D eigenvalue weighted by molar-refractivity contribution is -0.152. The summed E-state index contributed by atoms with van der Waals surface area (Å²) < 4.78 is 5.66. The van der Waals surface area contributed by atoms with Crippen LogP contribution in [-0.2, 0) is 16.9 Å². The number of carbonyl (C=O) groups is 1. The predicted molar refractivity (Wildman–Crippen MR) is 148 cm³/mol. The third kappa shape index (κ3) is 5.21. The van der Waals surface area contributed by atoms with Crippen LogP contribution in [0.15, 0.2) is 78.9 Å². The number of ether oxygens (including phenoxy) is 1. The van der Waals surface area contributed by atoms with Crippen molar-refractivity contribution < 1.29 is 19.7 Å². The number of methoxy groups -OCH3 is 1. The summed E-state index contributed by atoms with van der Waals surface area (Å²) in [5, 5.41) is 24.5. The summed E-state index contributed by atoms with van der Waals surface area (Å²) >= 11 is 0. The Morgan fingerprint density at radius 1 is 1.05 bits per heavy atom. The number of rotatable bonds is 9. The Kier molecular flexibility index (Phi) is 7.57. The highest BCUT2D eigenvalue weighted by atomic mass is 16.5. The van der Waals surface area contributed by atoms with Crippen LogP contribution in [0, 0.1) is 11.8 Å². The molecular weight excluding hydrogens is 476 g/mol. The van der Waals surface area contributed by atoms with Gasteiger partial charge in [-0.1, -0.05) is 66.7 Å². The highest BCUT2D eigenvalue weighted by molar-refractivity contribution is 5.71. The van der Waals surface area contributed by atoms with Crippen LogP contribution in [0.25, 0.3) is 0 Å². The number of nitrogens with one attached hydrogen (secondary N) is 1. The molecule has 0 aliphatic carbocycles. The summed E-state index contributed by atoms with van der Waals surface area (Å²) in [5.74, 6) is -0.268. The lowest BCUT2D eigenvalue weighted by atomic mass is 9.66. The minimum absolute atomic E-state index is 0.0147. The Balaban J connectivity index is 1.54. The number of hydrogen-bond acceptors (Lipinski definition) is 5. The second kappa shape index (κ2) is 10.9. The van der Waals surface area contributed by atoms with Gasteiger partial charge in [0.05, 0.1) is 18.6 Å². The Morgan fingerprint density at radius 2 is 1.68 bits per heavy atom. The first-order valence-electron chi connectivity index (χ1n) is 13.5. The molecule has 3 aliphatic heterocycles. The van der Waals surface area contributed by atoms with Gasteiger partial charge < -0.3 is 20.3 Å². The van der Waals surface area contributed by atoms with Crippen LogP contribution in [0.2, 0.25) is 0 Å². The first-order chi connectivity index (χ1) is 18.3. The van der Waals surface area contributed by atoms with E-state index in [1.54, 1.807) is 21.0 Å². The second-order valence-electron chi connectivity index (χ2n) is 11.2. The van der Waals surface area contributed by atoms with Gasteiger partial charge in [-0.3, -0.25) is 9.69 Å². The number of benzene rings is 3. The predicted octanol–water partition coefficient (Wildman–Crippen LogP) is 4.62. The third-order valence-electron chi connectivity index (χ3n) is 8.44. The van der Waals surface area contributed by atoms with E-state index in [-0.39, 0.29) is 23.9 Å². The second-order valence-corrected chi connectivity index (χ2v) is 11.2. The molecule has 6 rings (SSSR count). The average Bonchev–Trinajstić information content (AvgIpc) is 2.93. The summed E-state index contributed by atoms with van der Waals surface area (Å²) in [7, 11) is 1.65. The zero-order valence-electron chi connectivity index (χ0n) is 22.4. The molecule has 3 N–H and O–H groups in total. The molecule has 3 saturated heterocycles. The van der Waals surface area contributed by atoms with Crippen molar-refractivity contribution in [1.82, 2.24) is 10.2 Å². The standard InChI is InChI=1S/C32H38N2O4/c1-32(2,37)24-14-15-27(38-3)23(18-24)19-33-29-25-16-17-34(20-26(25)31(35)36)30(29)28(21-10-6-4-7-11-21)22-12-8-5-9-13-22/h4-15,18,25-26,28-30,33,37H,16-17,19-20H2,1-3H3,(H,35,36)/t25-,26-,29-,30+/m0/s1. The molecule has 3 aliphatic rings. The van der Waals surface area contributed by atoms with Crippen molar-refractivity contribution in [2.45, 2.75) is 50.4 Å². The van der Waals surface area contributed by atoms with Gasteiger partial charge in [0.2, 0.25) is 0 Å². The van der Waals surface area contributed by atoms with Crippen molar-refractivity contribution in [3.63, 3.8) is 0 Å². The number of hydrogen-bond donors (Lipinski definition) is 3. The van der Waals surface area contributed by atoms with Gasteiger partial charge in [0.1, 0.15) is 5.75 Å². The van der Waals surface area contributed by atoms with Crippen molar-refractivity contribution >= 4 is 5.97 Å². The number of piperidine rings is 3. The molecule has 0 amide bonds. The van der Waals surface area contributed by atoms with Gasteiger partial charge in [0.15, 0.2) is 0 Å². The van der Waals surface area contributed by atoms with E-state index in [2.05, 4.69) is 58.7 Å². The maximum atomic E-state index is 12.3. The lowest BCUT2D eigenvalue weighted by Gasteiger charge is -2.56. The fourth-order valence-corrected chi connectivity index (χ4v) is 6.56. The van der Waals surface area contributed by atoms with Crippen LogP contribution < -0.4 is 10.1 Å². The Labute approximate surface area is 225 Å². The van der Waals surface area contributed by atoms with Gasteiger partial charge in [-0.2, -0.15) is 0 Å². The molecule has 200 valence electrons. The zero-order valence-corrected chi connectivity index (χ0v) is 22.4. The highest BCUT2D eigenvalue weighted by Crippen LogP contribution is 2.44. The van der Waals surface area contributed by atoms with E-state index in [0.717, 1.165) is 29.8 Å². The summed E-state index contributed by atoms with van der Waals surface area (Å²) in [6.45, 7) is 5.52. The number of carboxylic acid groups (broad SMARTS) is 1. The van der Waals surface area contributed by atoms with Gasteiger partial charge >= 0.3 is 5.97 Å². The summed E-state index contributed by atoms with van der Waals surface area (Å²) in [6, 6.07) is 27.0. The Hall–Kier alpha value is -3.19. The number of nitrogens with zero attached hydrogens (tertiary/aromatic N) is 1. The smallest absolute Gasteiger partial charge is 0.308 e. The minimum atomic E-state index is -0.973. The van der Waals surface area contributed by atoms with E-state index < -0.39 is 17.5 Å². The molecule has 3 aromatic rings. The minimum Gasteiger partial charge on any atom is -0.496 e. The number of carboxylic acids is 1.